The summed E-state index contributed by atoms with van der Waals surface area (Å²) in [6.07, 6.45) is 5.16. The maximum Gasteiger partial charge on any atom is 0.326 e. The highest BCUT2D eigenvalue weighted by Crippen LogP contribution is 2.48. The van der Waals surface area contributed by atoms with E-state index in [1.807, 2.05) is 36.4 Å². The molecule has 0 bridgehead atoms. The van der Waals surface area contributed by atoms with Crippen LogP contribution >= 0.6 is 55.0 Å². The minimum Gasteiger partial charge on any atom is -0.335 e. The lowest BCUT2D eigenvalue weighted by Gasteiger charge is -2.20. The van der Waals surface area contributed by atoms with Crippen LogP contribution < -0.4 is 9.47 Å². The molecule has 0 fully saturated rings. The predicted octanol–water partition coefficient (Wildman–Crippen LogP) is 7.49. The van der Waals surface area contributed by atoms with Gasteiger partial charge in [0.1, 0.15) is 4.70 Å². The van der Waals surface area contributed by atoms with Crippen molar-refractivity contribution in [1.82, 2.24) is 0 Å². The number of hydrogen-bond acceptors (Lipinski definition) is 5. The van der Waals surface area contributed by atoms with Crippen LogP contribution in [0.25, 0.3) is 16.3 Å². The monoisotopic (exact) mass is 665 g/mol. The van der Waals surface area contributed by atoms with Crippen molar-refractivity contribution < 1.29 is 17.5 Å². The highest BCUT2D eigenvalue weighted by Gasteiger charge is 2.29. The molecular weight excluding hydrogens is 644 g/mol. The third-order valence-corrected chi connectivity index (χ3v) is 9.66. The molecule has 3 aromatic carbocycles. The first kappa shape index (κ1) is 25.9. The summed E-state index contributed by atoms with van der Waals surface area (Å²) in [5.74, 6) is -0.497. The Balaban J connectivity index is 1.48. The van der Waals surface area contributed by atoms with E-state index in [1.165, 1.54) is 16.9 Å². The fourth-order valence-corrected chi connectivity index (χ4v) is 7.88. The van der Waals surface area contributed by atoms with Crippen LogP contribution in [0.1, 0.15) is 23.4 Å². The zero-order chi connectivity index (χ0) is 25.3. The van der Waals surface area contributed by atoms with Gasteiger partial charge in [0.15, 0.2) is 0 Å². The average Bonchev–Trinajstić information content (AvgIpc) is 3.33. The van der Waals surface area contributed by atoms with Gasteiger partial charge in [0.2, 0.25) is 5.52 Å². The van der Waals surface area contributed by atoms with Crippen molar-refractivity contribution in [3.05, 3.63) is 91.3 Å². The van der Waals surface area contributed by atoms with Crippen LogP contribution in [0.3, 0.4) is 0 Å². The summed E-state index contributed by atoms with van der Waals surface area (Å²) in [6, 6.07) is 22.6. The summed E-state index contributed by atoms with van der Waals surface area (Å²) in [7, 11) is -4.23. The molecule has 186 valence electrons. The summed E-state index contributed by atoms with van der Waals surface area (Å²) in [5, 5.41) is 1.81. The lowest BCUT2D eigenvalue weighted by Crippen LogP contribution is -2.39. The van der Waals surface area contributed by atoms with Gasteiger partial charge in [-0.25, -0.2) is 0 Å². The molecule has 0 saturated heterocycles. The second-order valence-electron chi connectivity index (χ2n) is 8.48. The number of rotatable bonds is 8. The molecule has 5 nitrogen and oxygen atoms in total. The molecule has 0 unspecified atom stereocenters. The smallest absolute Gasteiger partial charge is 0.326 e. The Hall–Kier alpha value is -1.69. The third kappa shape index (κ3) is 6.06. The summed E-state index contributed by atoms with van der Waals surface area (Å²) in [4.78, 5) is 3.48. The van der Waals surface area contributed by atoms with Gasteiger partial charge in [-0.3, -0.25) is 4.55 Å². The largest absolute Gasteiger partial charge is 0.335 e. The molecule has 36 heavy (non-hydrogen) atoms. The molecule has 0 spiro atoms. The summed E-state index contributed by atoms with van der Waals surface area (Å²) in [5.41, 5.74) is 3.25. The van der Waals surface area contributed by atoms with Gasteiger partial charge in [0, 0.05) is 26.5 Å². The Morgan fingerprint density at radius 2 is 1.72 bits per heavy atom. The first-order valence-electron chi connectivity index (χ1n) is 11.3. The summed E-state index contributed by atoms with van der Waals surface area (Å²) in [6.45, 7) is 0.851. The van der Waals surface area contributed by atoms with E-state index in [0.29, 0.717) is 0 Å². The van der Waals surface area contributed by atoms with E-state index < -0.39 is 16.0 Å². The first-order valence-corrected chi connectivity index (χ1v) is 16.2. The predicted molar refractivity (Wildman–Crippen MR) is 156 cm³/mol. The third-order valence-electron chi connectivity index (χ3n) is 5.86. The van der Waals surface area contributed by atoms with E-state index in [-0.39, 0.29) is 0 Å². The number of anilines is 1. The van der Waals surface area contributed by atoms with Crippen molar-refractivity contribution in [3.8, 4) is 0 Å². The number of thioether (sulfide) groups is 1. The molecule has 1 aliphatic heterocycles. The second kappa shape index (κ2) is 11.0. The zero-order valence-corrected chi connectivity index (χ0v) is 24.7. The van der Waals surface area contributed by atoms with Crippen molar-refractivity contribution in [1.29, 1.82) is 0 Å². The molecule has 0 saturated carbocycles. The fraction of sp³-hybridized carbons (Fsp3) is 0.192. The number of thiazole rings is 1. The van der Waals surface area contributed by atoms with E-state index in [1.54, 1.807) is 16.3 Å². The maximum absolute atomic E-state index is 11.9. The number of aryl methyl sites for hydroxylation is 1. The Morgan fingerprint density at radius 1 is 0.972 bits per heavy atom. The van der Waals surface area contributed by atoms with Gasteiger partial charge < -0.3 is 4.90 Å². The van der Waals surface area contributed by atoms with Crippen molar-refractivity contribution in [3.63, 3.8) is 0 Å². The van der Waals surface area contributed by atoms with Gasteiger partial charge in [0.25, 0.3) is 10.9 Å². The van der Waals surface area contributed by atoms with Gasteiger partial charge in [-0.05, 0) is 55.2 Å². The molecule has 1 aliphatic rings. The molecule has 0 amide bonds. The fourth-order valence-electron chi connectivity index (χ4n) is 4.24. The van der Waals surface area contributed by atoms with E-state index in [4.69, 9.17) is 0 Å². The average molecular weight is 667 g/mol. The number of hydrogen-bond donors (Lipinski definition) is 1. The van der Waals surface area contributed by atoms with Gasteiger partial charge in [-0.1, -0.05) is 85.3 Å². The molecule has 4 aromatic rings. The number of aromatic nitrogens is 1. The highest BCUT2D eigenvalue weighted by atomic mass is 79.9. The minimum absolute atomic E-state index is 0.497. The van der Waals surface area contributed by atoms with Crippen molar-refractivity contribution in [2.75, 3.05) is 11.4 Å². The van der Waals surface area contributed by atoms with Crippen molar-refractivity contribution in [2.45, 2.75) is 30.0 Å². The number of fused-ring (bicyclic) bond motifs is 2. The second-order valence-corrected chi connectivity index (χ2v) is 13.9. The van der Waals surface area contributed by atoms with E-state index in [2.05, 4.69) is 73.2 Å². The Labute approximate surface area is 235 Å². The number of halogens is 2. The lowest BCUT2D eigenvalue weighted by atomic mass is 10.1. The molecule has 0 atom stereocenters. The van der Waals surface area contributed by atoms with Gasteiger partial charge >= 0.3 is 10.1 Å². The molecule has 5 rings (SSSR count). The molecular formula is C26H23Br2N2O3S3+. The molecule has 1 aromatic heterocycles. The van der Waals surface area contributed by atoms with E-state index >= 15 is 0 Å². The van der Waals surface area contributed by atoms with Crippen molar-refractivity contribution in [2.24, 2.45) is 0 Å². The van der Waals surface area contributed by atoms with Crippen LogP contribution in [-0.2, 0) is 22.4 Å². The normalized spacial score (nSPS) is 14.6. The lowest BCUT2D eigenvalue weighted by molar-refractivity contribution is -0.649. The highest BCUT2D eigenvalue weighted by molar-refractivity contribution is 9.10. The molecule has 0 aliphatic carbocycles. The van der Waals surface area contributed by atoms with Gasteiger partial charge in [0.05, 0.1) is 16.8 Å². The van der Waals surface area contributed by atoms with Crippen LogP contribution in [0.15, 0.2) is 85.6 Å². The van der Waals surface area contributed by atoms with Crippen LogP contribution in [0.5, 0.6) is 0 Å². The van der Waals surface area contributed by atoms with Crippen LogP contribution in [0.4, 0.5) is 5.69 Å². The summed E-state index contributed by atoms with van der Waals surface area (Å²) >= 11 is 10.3. The standard InChI is InChI=1S/C26H22Br2N2O3S3/c27-19-9-11-23-21(14-19)29(13-5-4-8-18-6-2-1-3-7-18)25(34-23)16-26-30(17-36(31,32)33)22-15-20(28)10-12-24(22)35-26/h1-3,6-7,9-12,14-16H,4-5,8,13,17H2/p+1. The quantitative estimate of drug-likeness (QED) is 0.120. The van der Waals surface area contributed by atoms with Crippen LogP contribution in [0.2, 0.25) is 0 Å². The minimum atomic E-state index is -4.23. The maximum atomic E-state index is 11.9. The van der Waals surface area contributed by atoms with Gasteiger partial charge in [-0.2, -0.15) is 13.0 Å². The SMILES string of the molecule is O=S(=O)(O)C[n+]1c(C=C2Sc3ccc(Br)cc3N2CCCCc2ccccc2)sc2ccc(Br)cc21. The summed E-state index contributed by atoms with van der Waals surface area (Å²) < 4.78 is 37.9. The van der Waals surface area contributed by atoms with Crippen LogP contribution in [-0.4, -0.2) is 19.5 Å². The molecule has 2 heterocycles. The van der Waals surface area contributed by atoms with E-state index in [9.17, 15) is 13.0 Å². The number of nitrogens with zero attached hydrogens (tertiary/aromatic N) is 2. The Morgan fingerprint density at radius 3 is 2.50 bits per heavy atom. The first-order chi connectivity index (χ1) is 17.3. The van der Waals surface area contributed by atoms with Crippen LogP contribution in [0, 0.1) is 0 Å². The zero-order valence-electron chi connectivity index (χ0n) is 19.1. The van der Waals surface area contributed by atoms with E-state index in [0.717, 1.165) is 65.6 Å². The number of unbranched alkanes of at least 4 members (excludes halogenated alkanes) is 1. The Kier molecular flexibility index (Phi) is 7.90. The molecule has 10 heteroatoms. The molecule has 1 N–H and O–H groups in total. The number of benzene rings is 3. The topological polar surface area (TPSA) is 61.5 Å². The Bertz CT molecular complexity index is 1550. The van der Waals surface area contributed by atoms with Crippen molar-refractivity contribution >= 4 is 87.1 Å². The van der Waals surface area contributed by atoms with Gasteiger partial charge in [-0.15, -0.1) is 0 Å². The molecule has 0 radical (unpaired) electrons.